The molecule has 262 valence electrons. The molecule has 0 spiro atoms. The minimum Gasteiger partial charge on any atom is -0.456 e. The number of aromatic nitrogens is 4. The van der Waals surface area contributed by atoms with E-state index in [1.165, 1.54) is 32.9 Å². The number of nitrogens with zero attached hydrogens (tertiary/aromatic N) is 4. The van der Waals surface area contributed by atoms with Crippen molar-refractivity contribution in [3.8, 4) is 62.1 Å². The van der Waals surface area contributed by atoms with Gasteiger partial charge in [0.05, 0.1) is 11.0 Å². The molecule has 3 heterocycles. The van der Waals surface area contributed by atoms with Gasteiger partial charge in [-0.05, 0) is 76.9 Å². The zero-order chi connectivity index (χ0) is 37.0. The summed E-state index contributed by atoms with van der Waals surface area (Å²) in [6.07, 6.45) is 0. The highest BCUT2D eigenvalue weighted by Crippen LogP contribution is 2.37. The van der Waals surface area contributed by atoms with E-state index in [0.717, 1.165) is 55.4 Å². The van der Waals surface area contributed by atoms with Crippen LogP contribution >= 0.6 is 0 Å². The summed E-state index contributed by atoms with van der Waals surface area (Å²) in [4.78, 5) is 15.2. The highest BCUT2D eigenvalue weighted by molar-refractivity contribution is 6.10. The van der Waals surface area contributed by atoms with Gasteiger partial charge in [0, 0.05) is 43.9 Å². The fraction of sp³-hybridized carbons (Fsp3) is 0. The smallest absolute Gasteiger partial charge is 0.164 e. The van der Waals surface area contributed by atoms with Crippen molar-refractivity contribution in [2.45, 2.75) is 0 Å². The molecule has 56 heavy (non-hydrogen) atoms. The molecule has 0 N–H and O–H groups in total. The highest BCUT2D eigenvalue weighted by Gasteiger charge is 2.17. The fourth-order valence-corrected chi connectivity index (χ4v) is 7.94. The summed E-state index contributed by atoms with van der Waals surface area (Å²) >= 11 is 0. The Morgan fingerprint density at radius 3 is 1.64 bits per heavy atom. The van der Waals surface area contributed by atoms with Crippen molar-refractivity contribution in [2.75, 3.05) is 0 Å². The van der Waals surface area contributed by atoms with Gasteiger partial charge in [0.1, 0.15) is 11.2 Å². The van der Waals surface area contributed by atoms with E-state index < -0.39 is 0 Å². The first-order chi connectivity index (χ1) is 27.7. The summed E-state index contributed by atoms with van der Waals surface area (Å²) < 4.78 is 8.51. The quantitative estimate of drug-likeness (QED) is 0.172. The largest absolute Gasteiger partial charge is 0.456 e. The Bertz CT molecular complexity index is 3250. The second kappa shape index (κ2) is 13.0. The van der Waals surface area contributed by atoms with E-state index in [1.807, 2.05) is 60.7 Å². The minimum absolute atomic E-state index is 0.606. The summed E-state index contributed by atoms with van der Waals surface area (Å²) in [6.45, 7) is 0. The predicted octanol–water partition coefficient (Wildman–Crippen LogP) is 13.2. The third kappa shape index (κ3) is 5.45. The zero-order valence-electron chi connectivity index (χ0n) is 30.2. The summed E-state index contributed by atoms with van der Waals surface area (Å²) in [5.41, 5.74) is 12.4. The third-order valence-electron chi connectivity index (χ3n) is 10.6. The Balaban J connectivity index is 1.03. The average molecular weight is 717 g/mol. The van der Waals surface area contributed by atoms with E-state index in [-0.39, 0.29) is 0 Å². The Morgan fingerprint density at radius 1 is 0.304 bits per heavy atom. The highest BCUT2D eigenvalue weighted by atomic mass is 16.3. The maximum absolute atomic E-state index is 6.13. The van der Waals surface area contributed by atoms with Crippen molar-refractivity contribution in [1.82, 2.24) is 19.5 Å². The lowest BCUT2D eigenvalue weighted by molar-refractivity contribution is 0.669. The first kappa shape index (κ1) is 31.9. The van der Waals surface area contributed by atoms with Crippen molar-refractivity contribution < 1.29 is 4.42 Å². The van der Waals surface area contributed by atoms with Crippen LogP contribution in [0.2, 0.25) is 0 Å². The first-order valence-corrected chi connectivity index (χ1v) is 18.8. The van der Waals surface area contributed by atoms with Gasteiger partial charge in [-0.2, -0.15) is 0 Å². The maximum Gasteiger partial charge on any atom is 0.164 e. The van der Waals surface area contributed by atoms with Crippen LogP contribution in [0.1, 0.15) is 0 Å². The lowest BCUT2D eigenvalue weighted by atomic mass is 10.0. The van der Waals surface area contributed by atoms with Gasteiger partial charge in [0.2, 0.25) is 0 Å². The topological polar surface area (TPSA) is 56.7 Å². The van der Waals surface area contributed by atoms with Crippen LogP contribution in [0.5, 0.6) is 0 Å². The van der Waals surface area contributed by atoms with Crippen molar-refractivity contribution in [3.63, 3.8) is 0 Å². The van der Waals surface area contributed by atoms with E-state index in [4.69, 9.17) is 19.4 Å². The summed E-state index contributed by atoms with van der Waals surface area (Å²) in [6, 6.07) is 67.7. The first-order valence-electron chi connectivity index (χ1n) is 18.8. The maximum atomic E-state index is 6.13. The molecule has 0 atom stereocenters. The van der Waals surface area contributed by atoms with Crippen LogP contribution in [0.15, 0.2) is 199 Å². The van der Waals surface area contributed by atoms with Crippen molar-refractivity contribution in [1.29, 1.82) is 0 Å². The summed E-state index contributed by atoms with van der Waals surface area (Å²) in [5.74, 6) is 1.84. The molecule has 0 amide bonds. The lowest BCUT2D eigenvalue weighted by Gasteiger charge is -2.12. The molecule has 8 aromatic carbocycles. The Kier molecular flexibility index (Phi) is 7.42. The molecule has 0 radical (unpaired) electrons. The molecule has 5 heteroatoms. The van der Waals surface area contributed by atoms with E-state index in [1.54, 1.807) is 0 Å². The predicted molar refractivity (Wildman–Crippen MR) is 229 cm³/mol. The summed E-state index contributed by atoms with van der Waals surface area (Å²) in [7, 11) is 0. The van der Waals surface area contributed by atoms with Gasteiger partial charge in [0.15, 0.2) is 17.5 Å². The number of benzene rings is 8. The molecular formula is C51H32N4O. The summed E-state index contributed by atoms with van der Waals surface area (Å²) in [5, 5.41) is 4.55. The molecule has 0 unspecified atom stereocenters. The molecule has 0 fully saturated rings. The van der Waals surface area contributed by atoms with E-state index >= 15 is 0 Å². The molecule has 0 saturated carbocycles. The van der Waals surface area contributed by atoms with Crippen LogP contribution in [0.3, 0.4) is 0 Å². The van der Waals surface area contributed by atoms with Gasteiger partial charge in [0.25, 0.3) is 0 Å². The Morgan fingerprint density at radius 2 is 0.839 bits per heavy atom. The monoisotopic (exact) mass is 716 g/mol. The molecule has 0 aliphatic heterocycles. The van der Waals surface area contributed by atoms with Crippen molar-refractivity contribution >= 4 is 43.7 Å². The average Bonchev–Trinajstić information content (AvgIpc) is 3.82. The molecule has 0 saturated heterocycles. The fourth-order valence-electron chi connectivity index (χ4n) is 7.94. The van der Waals surface area contributed by atoms with Gasteiger partial charge >= 0.3 is 0 Å². The number of furan rings is 1. The van der Waals surface area contributed by atoms with Crippen LogP contribution in [0.25, 0.3) is 106 Å². The Labute approximate surface area is 322 Å². The number of rotatable bonds is 6. The third-order valence-corrected chi connectivity index (χ3v) is 10.6. The van der Waals surface area contributed by atoms with Crippen molar-refractivity contribution in [2.24, 2.45) is 0 Å². The molecule has 11 rings (SSSR count). The lowest BCUT2D eigenvalue weighted by Crippen LogP contribution is -2.00. The van der Waals surface area contributed by atoms with Gasteiger partial charge in [-0.15, -0.1) is 0 Å². The van der Waals surface area contributed by atoms with Crippen LogP contribution in [-0.4, -0.2) is 19.5 Å². The van der Waals surface area contributed by atoms with Crippen molar-refractivity contribution in [3.05, 3.63) is 194 Å². The van der Waals surface area contributed by atoms with Crippen LogP contribution in [-0.2, 0) is 0 Å². The number of hydrogen-bond acceptors (Lipinski definition) is 4. The molecule has 3 aromatic heterocycles. The van der Waals surface area contributed by atoms with Gasteiger partial charge in [-0.25, -0.2) is 15.0 Å². The second-order valence-electron chi connectivity index (χ2n) is 14.1. The van der Waals surface area contributed by atoms with E-state index in [9.17, 15) is 0 Å². The number of hydrogen-bond donors (Lipinski definition) is 0. The van der Waals surface area contributed by atoms with Gasteiger partial charge in [-0.1, -0.05) is 140 Å². The molecule has 0 aliphatic rings. The Hall–Kier alpha value is -7.63. The number of para-hydroxylation sites is 2. The van der Waals surface area contributed by atoms with Gasteiger partial charge in [-0.3, -0.25) is 0 Å². The van der Waals surface area contributed by atoms with E-state index in [2.05, 4.69) is 138 Å². The van der Waals surface area contributed by atoms with E-state index in [0.29, 0.717) is 17.5 Å². The van der Waals surface area contributed by atoms with Gasteiger partial charge < -0.3 is 8.98 Å². The zero-order valence-corrected chi connectivity index (χ0v) is 30.2. The molecule has 0 aliphatic carbocycles. The molecular weight excluding hydrogens is 685 g/mol. The number of fused-ring (bicyclic) bond motifs is 6. The molecule has 5 nitrogen and oxygen atoms in total. The van der Waals surface area contributed by atoms with Crippen LogP contribution in [0, 0.1) is 0 Å². The second-order valence-corrected chi connectivity index (χ2v) is 14.1. The minimum atomic E-state index is 0.606. The normalized spacial score (nSPS) is 11.6. The molecule has 0 bridgehead atoms. The van der Waals surface area contributed by atoms with Crippen LogP contribution in [0.4, 0.5) is 0 Å². The van der Waals surface area contributed by atoms with Crippen LogP contribution < -0.4 is 0 Å². The SMILES string of the molecule is c1ccc(-c2ccc3c4ccccc4n(-c4cccc(-c5cccc(-c6nc(-c7ccccc7)nc(-c7ccc8oc9ccccc9c8c7)n6)c5)c4)c3c2)cc1. The standard InChI is InChI=1S/C51H32N4O/c1-3-13-33(14-4-1)37-25-27-42-41-21-7-9-23-45(41)55(46(42)32-37)40-20-12-18-36(30-40)35-17-11-19-38(29-35)50-52-49(34-15-5-2-6-16-34)53-51(54-50)39-26-28-48-44(31-39)43-22-8-10-24-47(43)56-48/h1-32H. The molecule has 11 aromatic rings.